The van der Waals surface area contributed by atoms with Crippen LogP contribution in [0.3, 0.4) is 0 Å². The fourth-order valence-electron chi connectivity index (χ4n) is 2.42. The summed E-state index contributed by atoms with van der Waals surface area (Å²) in [7, 11) is 2.04. The van der Waals surface area contributed by atoms with Gasteiger partial charge in [-0.25, -0.2) is 9.37 Å². The van der Waals surface area contributed by atoms with Crippen molar-refractivity contribution in [2.75, 3.05) is 7.05 Å². The van der Waals surface area contributed by atoms with Crippen LogP contribution in [0.15, 0.2) is 29.8 Å². The minimum absolute atomic E-state index is 0.0429. The molecule has 20 heavy (non-hydrogen) atoms. The van der Waals surface area contributed by atoms with Crippen molar-refractivity contribution < 1.29 is 4.39 Å². The normalized spacial score (nSPS) is 14.5. The first-order valence-corrected chi connectivity index (χ1v) is 7.47. The van der Waals surface area contributed by atoms with E-state index in [2.05, 4.69) is 9.88 Å². The highest BCUT2D eigenvalue weighted by atomic mass is 32.1. The molecule has 2 rings (SSSR count). The molecule has 1 heterocycles. The summed E-state index contributed by atoms with van der Waals surface area (Å²) in [6, 6.07) is 6.59. The second-order valence-electron chi connectivity index (χ2n) is 5.13. The molecule has 5 heteroatoms. The largest absolute Gasteiger partial charge is 0.326 e. The lowest BCUT2D eigenvalue weighted by Crippen LogP contribution is -2.36. The Balaban J connectivity index is 2.20. The third-order valence-electron chi connectivity index (χ3n) is 3.42. The number of thiazole rings is 1. The van der Waals surface area contributed by atoms with E-state index in [0.29, 0.717) is 0 Å². The maximum Gasteiger partial charge on any atom is 0.123 e. The van der Waals surface area contributed by atoms with Crippen molar-refractivity contribution >= 4 is 11.3 Å². The third kappa shape index (κ3) is 3.42. The summed E-state index contributed by atoms with van der Waals surface area (Å²) in [6.07, 6.45) is 0. The number of nitrogens with zero attached hydrogens (tertiary/aromatic N) is 2. The first-order chi connectivity index (χ1) is 9.49. The van der Waals surface area contributed by atoms with Gasteiger partial charge in [0.2, 0.25) is 0 Å². The van der Waals surface area contributed by atoms with Gasteiger partial charge < -0.3 is 5.73 Å². The van der Waals surface area contributed by atoms with Gasteiger partial charge in [0.1, 0.15) is 5.82 Å². The van der Waals surface area contributed by atoms with Crippen LogP contribution in [-0.4, -0.2) is 23.0 Å². The van der Waals surface area contributed by atoms with Crippen molar-refractivity contribution in [2.45, 2.75) is 32.5 Å². The van der Waals surface area contributed by atoms with E-state index < -0.39 is 0 Å². The van der Waals surface area contributed by atoms with E-state index in [4.69, 9.17) is 5.73 Å². The molecule has 2 aromatic rings. The standard InChI is InChI=1S/C15H20FN3S/c1-10(17)15(12-4-6-13(16)7-5-12)19(3)8-14-11(2)18-9-20-14/h4-7,9-10,15H,8,17H2,1-3H3. The molecule has 0 saturated heterocycles. The van der Waals surface area contributed by atoms with Crippen LogP contribution < -0.4 is 5.73 Å². The average Bonchev–Trinajstić information content (AvgIpc) is 2.77. The molecule has 0 saturated carbocycles. The number of hydrogen-bond donors (Lipinski definition) is 1. The average molecular weight is 293 g/mol. The van der Waals surface area contributed by atoms with Gasteiger partial charge in [-0.1, -0.05) is 12.1 Å². The van der Waals surface area contributed by atoms with Crippen LogP contribution in [0, 0.1) is 12.7 Å². The highest BCUT2D eigenvalue weighted by molar-refractivity contribution is 7.09. The molecule has 3 nitrogen and oxygen atoms in total. The summed E-state index contributed by atoms with van der Waals surface area (Å²) in [4.78, 5) is 7.70. The SMILES string of the molecule is Cc1ncsc1CN(C)C(c1ccc(F)cc1)C(C)N. The van der Waals surface area contributed by atoms with Gasteiger partial charge in [0.25, 0.3) is 0 Å². The Labute approximate surface area is 123 Å². The zero-order valence-corrected chi connectivity index (χ0v) is 12.8. The number of aromatic nitrogens is 1. The van der Waals surface area contributed by atoms with E-state index >= 15 is 0 Å². The van der Waals surface area contributed by atoms with Crippen LogP contribution in [0.5, 0.6) is 0 Å². The summed E-state index contributed by atoms with van der Waals surface area (Å²) in [5.41, 5.74) is 10.1. The minimum atomic E-state index is -0.224. The maximum absolute atomic E-state index is 13.1. The molecule has 1 aromatic carbocycles. The van der Waals surface area contributed by atoms with Crippen LogP contribution in [0.1, 0.15) is 29.1 Å². The molecule has 0 fully saturated rings. The lowest BCUT2D eigenvalue weighted by Gasteiger charge is -2.31. The molecular formula is C15H20FN3S. The summed E-state index contributed by atoms with van der Waals surface area (Å²) in [6.45, 7) is 4.78. The highest BCUT2D eigenvalue weighted by Gasteiger charge is 2.22. The van der Waals surface area contributed by atoms with Crippen LogP contribution >= 0.6 is 11.3 Å². The van der Waals surface area contributed by atoms with Crippen molar-refractivity contribution in [1.82, 2.24) is 9.88 Å². The summed E-state index contributed by atoms with van der Waals surface area (Å²) < 4.78 is 13.1. The molecule has 2 atom stereocenters. The Morgan fingerprint density at radius 2 is 2.00 bits per heavy atom. The van der Waals surface area contributed by atoms with Crippen LogP contribution in [0.2, 0.25) is 0 Å². The molecule has 0 spiro atoms. The lowest BCUT2D eigenvalue weighted by molar-refractivity contribution is 0.212. The Morgan fingerprint density at radius 3 is 2.50 bits per heavy atom. The van der Waals surface area contributed by atoms with Gasteiger partial charge in [-0.15, -0.1) is 11.3 Å². The van der Waals surface area contributed by atoms with Crippen LogP contribution in [0.4, 0.5) is 4.39 Å². The highest BCUT2D eigenvalue weighted by Crippen LogP contribution is 2.26. The molecular weight excluding hydrogens is 273 g/mol. The molecule has 0 bridgehead atoms. The summed E-state index contributed by atoms with van der Waals surface area (Å²) in [5.74, 6) is -0.224. The van der Waals surface area contributed by atoms with Crippen molar-refractivity contribution in [3.05, 3.63) is 51.7 Å². The number of halogens is 1. The second-order valence-corrected chi connectivity index (χ2v) is 6.07. The predicted molar refractivity (Wildman–Crippen MR) is 81.1 cm³/mol. The summed E-state index contributed by atoms with van der Waals surface area (Å²) in [5, 5.41) is 0. The van der Waals surface area contributed by atoms with E-state index in [1.54, 1.807) is 23.5 Å². The first-order valence-electron chi connectivity index (χ1n) is 6.59. The third-order valence-corrected chi connectivity index (χ3v) is 4.34. The molecule has 0 aliphatic carbocycles. The van der Waals surface area contributed by atoms with E-state index in [0.717, 1.165) is 17.8 Å². The van der Waals surface area contributed by atoms with Gasteiger partial charge in [-0.2, -0.15) is 0 Å². The van der Waals surface area contributed by atoms with Crippen molar-refractivity contribution in [2.24, 2.45) is 5.73 Å². The zero-order chi connectivity index (χ0) is 14.7. The molecule has 2 N–H and O–H groups in total. The van der Waals surface area contributed by atoms with E-state index in [1.165, 1.54) is 17.0 Å². The van der Waals surface area contributed by atoms with Crippen molar-refractivity contribution in [3.63, 3.8) is 0 Å². The van der Waals surface area contributed by atoms with Gasteiger partial charge in [-0.05, 0) is 38.6 Å². The molecule has 0 amide bonds. The number of benzene rings is 1. The van der Waals surface area contributed by atoms with E-state index in [-0.39, 0.29) is 17.9 Å². The minimum Gasteiger partial charge on any atom is -0.326 e. The topological polar surface area (TPSA) is 42.2 Å². The monoisotopic (exact) mass is 293 g/mol. The molecule has 2 unspecified atom stereocenters. The number of nitrogens with two attached hydrogens (primary N) is 1. The lowest BCUT2D eigenvalue weighted by atomic mass is 9.99. The first kappa shape index (κ1) is 15.1. The fourth-order valence-corrected chi connectivity index (χ4v) is 3.26. The van der Waals surface area contributed by atoms with Crippen LogP contribution in [-0.2, 0) is 6.54 Å². The molecule has 0 radical (unpaired) electrons. The Hall–Kier alpha value is -1.30. The maximum atomic E-state index is 13.1. The fraction of sp³-hybridized carbons (Fsp3) is 0.400. The van der Waals surface area contributed by atoms with Crippen LogP contribution in [0.25, 0.3) is 0 Å². The number of hydrogen-bond acceptors (Lipinski definition) is 4. The molecule has 0 aliphatic rings. The number of rotatable bonds is 5. The zero-order valence-electron chi connectivity index (χ0n) is 12.0. The number of aryl methyl sites for hydroxylation is 1. The Bertz CT molecular complexity index is 551. The predicted octanol–water partition coefficient (Wildman–Crippen LogP) is 3.11. The Kier molecular flexibility index (Phi) is 4.86. The second kappa shape index (κ2) is 6.43. The quantitative estimate of drug-likeness (QED) is 0.921. The van der Waals surface area contributed by atoms with Gasteiger partial charge in [0, 0.05) is 23.5 Å². The van der Waals surface area contributed by atoms with Crippen molar-refractivity contribution in [3.8, 4) is 0 Å². The molecule has 0 aliphatic heterocycles. The van der Waals surface area contributed by atoms with Gasteiger partial charge in [0.15, 0.2) is 0 Å². The smallest absolute Gasteiger partial charge is 0.123 e. The number of likely N-dealkylation sites (N-methyl/N-ethyl adjacent to an activating group) is 1. The van der Waals surface area contributed by atoms with E-state index in [9.17, 15) is 4.39 Å². The molecule has 1 aromatic heterocycles. The Morgan fingerprint density at radius 1 is 1.35 bits per heavy atom. The molecule has 108 valence electrons. The van der Waals surface area contributed by atoms with Gasteiger partial charge in [-0.3, -0.25) is 4.90 Å². The van der Waals surface area contributed by atoms with Gasteiger partial charge in [0.05, 0.1) is 11.2 Å². The van der Waals surface area contributed by atoms with Gasteiger partial charge >= 0.3 is 0 Å². The van der Waals surface area contributed by atoms with E-state index in [1.807, 2.05) is 26.4 Å². The van der Waals surface area contributed by atoms with Crippen molar-refractivity contribution in [1.29, 1.82) is 0 Å². The summed E-state index contributed by atoms with van der Waals surface area (Å²) >= 11 is 1.65.